The molecule has 0 bridgehead atoms. The number of anilines is 2. The number of urea groups is 1. The fraction of sp³-hybridized carbons (Fsp3) is 0.351. The number of piperidine rings is 1. The van der Waals surface area contributed by atoms with Crippen molar-refractivity contribution in [3.63, 3.8) is 0 Å². The number of likely N-dealkylation sites (N-methyl/N-ethyl adjacent to an activating group) is 1. The molecule has 1 aliphatic heterocycles. The number of aryl methyl sites for hydroxylation is 1. The van der Waals surface area contributed by atoms with E-state index in [-0.39, 0.29) is 39.8 Å². The van der Waals surface area contributed by atoms with Gasteiger partial charge in [0.1, 0.15) is 5.69 Å². The minimum absolute atomic E-state index is 0.0176. The Kier molecular flexibility index (Phi) is 13.4. The number of amides is 4. The van der Waals surface area contributed by atoms with Gasteiger partial charge in [-0.2, -0.15) is 5.10 Å². The molecule has 0 atom stereocenters. The minimum Gasteiger partial charge on any atom is -0.351 e. The highest BCUT2D eigenvalue weighted by atomic mass is 35.5. The summed E-state index contributed by atoms with van der Waals surface area (Å²) in [6.07, 6.45) is 6.25. The number of likely N-dealkylation sites (tertiary alicyclic amines) is 1. The molecule has 1 saturated heterocycles. The number of benzene rings is 2. The van der Waals surface area contributed by atoms with E-state index in [4.69, 9.17) is 23.2 Å². The number of hydrogen-bond donors (Lipinski definition) is 4. The van der Waals surface area contributed by atoms with Crippen LogP contribution in [0.3, 0.4) is 0 Å². The largest absolute Gasteiger partial charge is 0.351 e. The number of carbonyl (C=O) groups excluding carboxylic acids is 3. The van der Waals surface area contributed by atoms with Crippen molar-refractivity contribution in [1.82, 2.24) is 35.2 Å². The van der Waals surface area contributed by atoms with Gasteiger partial charge in [0.05, 0.1) is 21.4 Å². The average Bonchev–Trinajstić information content (AvgIpc) is 3.14. The first-order chi connectivity index (χ1) is 25.0. The molecule has 0 aliphatic carbocycles. The van der Waals surface area contributed by atoms with Crippen LogP contribution < -0.4 is 26.8 Å². The lowest BCUT2D eigenvalue weighted by molar-refractivity contribution is 0.0946. The monoisotopic (exact) mass is 747 g/mol. The summed E-state index contributed by atoms with van der Waals surface area (Å²) in [5, 5.41) is 15.9. The van der Waals surface area contributed by atoms with Crippen LogP contribution in [0.5, 0.6) is 0 Å². The molecule has 3 heterocycles. The van der Waals surface area contributed by atoms with Crippen molar-refractivity contribution < 1.29 is 14.4 Å². The zero-order chi connectivity index (χ0) is 37.2. The zero-order valence-electron chi connectivity index (χ0n) is 29.5. The van der Waals surface area contributed by atoms with Gasteiger partial charge in [0.2, 0.25) is 0 Å². The predicted octanol–water partition coefficient (Wildman–Crippen LogP) is 5.45. The molecule has 13 nitrogen and oxygen atoms in total. The van der Waals surface area contributed by atoms with Crippen molar-refractivity contribution in [3.05, 3.63) is 92.5 Å². The number of pyridine rings is 1. The average molecular weight is 749 g/mol. The summed E-state index contributed by atoms with van der Waals surface area (Å²) < 4.78 is 1.25. The van der Waals surface area contributed by atoms with Gasteiger partial charge in [-0.15, -0.1) is 0 Å². The predicted molar refractivity (Wildman–Crippen MR) is 205 cm³/mol. The lowest BCUT2D eigenvalue weighted by Crippen LogP contribution is -2.37. The van der Waals surface area contributed by atoms with Crippen LogP contribution in [0.1, 0.15) is 46.9 Å². The molecular weight excluding hydrogens is 705 g/mol. The first-order valence-electron chi connectivity index (χ1n) is 17.2. The summed E-state index contributed by atoms with van der Waals surface area (Å²) in [7, 11) is 3.85. The third-order valence-electron chi connectivity index (χ3n) is 8.57. The molecule has 1 fully saturated rings. The smallest absolute Gasteiger partial charge is 0.323 e. The van der Waals surface area contributed by atoms with Crippen molar-refractivity contribution >= 4 is 52.4 Å². The maximum Gasteiger partial charge on any atom is 0.323 e. The summed E-state index contributed by atoms with van der Waals surface area (Å²) in [6, 6.07) is 13.3. The van der Waals surface area contributed by atoms with E-state index in [1.807, 2.05) is 43.3 Å². The van der Waals surface area contributed by atoms with E-state index < -0.39 is 11.6 Å². The van der Waals surface area contributed by atoms with Gasteiger partial charge in [-0.1, -0.05) is 47.8 Å². The van der Waals surface area contributed by atoms with Crippen molar-refractivity contribution in [2.24, 2.45) is 0 Å². The Morgan fingerprint density at radius 3 is 2.13 bits per heavy atom. The Morgan fingerprint density at radius 2 is 1.48 bits per heavy atom. The summed E-state index contributed by atoms with van der Waals surface area (Å²) >= 11 is 12.3. The van der Waals surface area contributed by atoms with E-state index in [0.717, 1.165) is 19.6 Å². The van der Waals surface area contributed by atoms with Crippen LogP contribution in [0.2, 0.25) is 10.0 Å². The van der Waals surface area contributed by atoms with Gasteiger partial charge < -0.3 is 31.1 Å². The van der Waals surface area contributed by atoms with E-state index in [2.05, 4.69) is 36.2 Å². The van der Waals surface area contributed by atoms with Crippen molar-refractivity contribution in [1.29, 1.82) is 0 Å². The third-order valence-corrected chi connectivity index (χ3v) is 9.14. The van der Waals surface area contributed by atoms with Crippen molar-refractivity contribution in [3.8, 4) is 22.4 Å². The lowest BCUT2D eigenvalue weighted by Gasteiger charge is -2.26. The fourth-order valence-electron chi connectivity index (χ4n) is 5.81. The summed E-state index contributed by atoms with van der Waals surface area (Å²) in [4.78, 5) is 61.1. The molecule has 0 saturated carbocycles. The van der Waals surface area contributed by atoms with Gasteiger partial charge in [0.15, 0.2) is 0 Å². The topological polar surface area (TPSA) is 154 Å². The Balaban J connectivity index is 1.43. The molecule has 4 amide bonds. The second-order valence-electron chi connectivity index (χ2n) is 12.7. The van der Waals surface area contributed by atoms with Crippen LogP contribution in [-0.4, -0.2) is 95.8 Å². The van der Waals surface area contributed by atoms with E-state index in [0.29, 0.717) is 53.1 Å². The molecule has 5 rings (SSSR count). The minimum atomic E-state index is -0.733. The number of halogens is 2. The Morgan fingerprint density at radius 1 is 0.827 bits per heavy atom. The first-order valence-corrected chi connectivity index (χ1v) is 18.0. The molecular formula is C37H43Cl2N9O4. The summed E-state index contributed by atoms with van der Waals surface area (Å²) in [6.45, 7) is 6.44. The molecule has 0 spiro atoms. The number of rotatable bonds is 13. The second kappa shape index (κ2) is 18.1. The highest BCUT2D eigenvalue weighted by Gasteiger charge is 2.18. The third kappa shape index (κ3) is 10.2. The quantitative estimate of drug-likeness (QED) is 0.141. The molecule has 274 valence electrons. The van der Waals surface area contributed by atoms with Gasteiger partial charge in [-0.25, -0.2) is 9.48 Å². The Hall–Kier alpha value is -4.82. The van der Waals surface area contributed by atoms with Gasteiger partial charge in [-0.3, -0.25) is 19.4 Å². The standard InChI is InChI=1S/C37H43Cl2N9O4/c1-4-48-36(51)32(43-37(52)44-33-29(38)22-40-23-30(33)39)21-31(45-48)25-10-8-9-24(17-25)26-18-27(34(49)41-11-15-46(2)3)20-28(19-26)35(50)42-12-16-47-13-6-5-7-14-47/h8-10,17-23H,4-7,11-16H2,1-3H3,(H,41,49)(H,42,50)(H2,40,43,44,52). The molecule has 0 unspecified atom stereocenters. The first kappa shape index (κ1) is 38.4. The zero-order valence-corrected chi connectivity index (χ0v) is 31.0. The molecule has 4 aromatic rings. The van der Waals surface area contributed by atoms with Crippen LogP contribution in [0.4, 0.5) is 16.2 Å². The molecule has 15 heteroatoms. The van der Waals surface area contributed by atoms with E-state index >= 15 is 0 Å². The summed E-state index contributed by atoms with van der Waals surface area (Å²) in [5.74, 6) is -0.556. The van der Waals surface area contributed by atoms with E-state index in [1.165, 1.54) is 42.4 Å². The Bertz CT molecular complexity index is 1960. The highest BCUT2D eigenvalue weighted by molar-refractivity contribution is 6.39. The number of nitrogens with zero attached hydrogens (tertiary/aromatic N) is 5. The number of hydrogen-bond acceptors (Lipinski definition) is 8. The number of aromatic nitrogens is 3. The van der Waals surface area contributed by atoms with Gasteiger partial charge in [0.25, 0.3) is 17.4 Å². The maximum absolute atomic E-state index is 13.4. The maximum atomic E-state index is 13.4. The van der Waals surface area contributed by atoms with Crippen LogP contribution in [0, 0.1) is 0 Å². The highest BCUT2D eigenvalue weighted by Crippen LogP contribution is 2.30. The van der Waals surface area contributed by atoms with E-state index in [9.17, 15) is 19.2 Å². The summed E-state index contributed by atoms with van der Waals surface area (Å²) in [5.41, 5.74) is 2.76. The van der Waals surface area contributed by atoms with Crippen LogP contribution in [-0.2, 0) is 6.54 Å². The fourth-order valence-corrected chi connectivity index (χ4v) is 6.27. The molecule has 4 N–H and O–H groups in total. The lowest BCUT2D eigenvalue weighted by atomic mass is 9.97. The molecule has 1 aliphatic rings. The van der Waals surface area contributed by atoms with Gasteiger partial charge in [0, 0.05) is 61.8 Å². The number of carbonyl (C=O) groups is 3. The van der Waals surface area contributed by atoms with Crippen LogP contribution in [0.15, 0.2) is 65.7 Å². The van der Waals surface area contributed by atoms with Crippen LogP contribution in [0.25, 0.3) is 22.4 Å². The van der Waals surface area contributed by atoms with E-state index in [1.54, 1.807) is 25.1 Å². The molecule has 2 aromatic heterocycles. The van der Waals surface area contributed by atoms with Gasteiger partial charge >= 0.3 is 6.03 Å². The van der Waals surface area contributed by atoms with Crippen LogP contribution >= 0.6 is 23.2 Å². The van der Waals surface area contributed by atoms with Gasteiger partial charge in [-0.05, 0) is 88.4 Å². The second-order valence-corrected chi connectivity index (χ2v) is 13.5. The SMILES string of the molecule is CCn1nc(-c2cccc(-c3cc(C(=O)NCCN(C)C)cc(C(=O)NCCN4CCCCC4)c3)c2)cc(NC(=O)Nc2c(Cl)cncc2Cl)c1=O. The molecule has 0 radical (unpaired) electrons. The number of nitrogens with one attached hydrogen (secondary N) is 4. The van der Waals surface area contributed by atoms with Crippen molar-refractivity contribution in [2.75, 3.05) is 64.0 Å². The Labute approximate surface area is 312 Å². The molecule has 52 heavy (non-hydrogen) atoms. The normalized spacial score (nSPS) is 13.1. The van der Waals surface area contributed by atoms with Crippen molar-refractivity contribution in [2.45, 2.75) is 32.7 Å². The molecule has 2 aromatic carbocycles.